The molecule has 0 unspecified atom stereocenters. The van der Waals surface area contributed by atoms with Crippen LogP contribution in [0.2, 0.25) is 0 Å². The monoisotopic (exact) mass is 550 g/mol. The average Bonchev–Trinajstić information content (AvgIpc) is 3.48. The number of nitrogens with one attached hydrogen (secondary N) is 1. The fourth-order valence-electron chi connectivity index (χ4n) is 4.59. The number of carbonyl (C=O) groups is 3. The Balaban J connectivity index is 1.36. The molecule has 5 rings (SSSR count). The summed E-state index contributed by atoms with van der Waals surface area (Å²) in [6.45, 7) is 1.37. The van der Waals surface area contributed by atoms with Gasteiger partial charge in [0.05, 0.1) is 17.3 Å². The third-order valence-corrected chi connectivity index (χ3v) is 8.83. The lowest BCUT2D eigenvalue weighted by Gasteiger charge is -2.21. The van der Waals surface area contributed by atoms with E-state index in [1.807, 2.05) is 30.3 Å². The van der Waals surface area contributed by atoms with Gasteiger partial charge >= 0.3 is 5.97 Å². The quantitative estimate of drug-likeness (QED) is 0.320. The zero-order valence-corrected chi connectivity index (χ0v) is 22.3. The summed E-state index contributed by atoms with van der Waals surface area (Å²) in [4.78, 5) is 56.8. The third-order valence-electron chi connectivity index (χ3n) is 6.55. The maximum atomic E-state index is 13.3. The number of primary amides is 1. The highest BCUT2D eigenvalue weighted by Gasteiger charge is 2.25. The number of rotatable bonds is 7. The summed E-state index contributed by atoms with van der Waals surface area (Å²) in [6.07, 6.45) is 6.12. The van der Waals surface area contributed by atoms with Gasteiger partial charge in [-0.2, -0.15) is 0 Å². The number of ether oxygens (including phenoxy) is 1. The summed E-state index contributed by atoms with van der Waals surface area (Å²) >= 11 is 2.35. The summed E-state index contributed by atoms with van der Waals surface area (Å²) < 4.78 is 6.87. The second-order valence-corrected chi connectivity index (χ2v) is 11.3. The molecule has 196 valence electrons. The van der Waals surface area contributed by atoms with Gasteiger partial charge in [0.25, 0.3) is 11.5 Å². The first-order valence-electron chi connectivity index (χ1n) is 12.3. The van der Waals surface area contributed by atoms with Gasteiger partial charge in [0, 0.05) is 4.88 Å². The van der Waals surface area contributed by atoms with Crippen molar-refractivity contribution in [2.75, 3.05) is 5.32 Å². The van der Waals surface area contributed by atoms with Crippen LogP contribution in [-0.4, -0.2) is 33.4 Å². The molecule has 0 atom stereocenters. The van der Waals surface area contributed by atoms with Crippen molar-refractivity contribution in [1.29, 1.82) is 0 Å². The number of nitrogens with zero attached hydrogens (tertiary/aromatic N) is 2. The topological polar surface area (TPSA) is 133 Å². The van der Waals surface area contributed by atoms with E-state index in [-0.39, 0.29) is 18.2 Å². The molecule has 38 heavy (non-hydrogen) atoms. The number of amides is 2. The number of nitrogens with two attached hydrogens (primary N) is 1. The van der Waals surface area contributed by atoms with E-state index in [9.17, 15) is 19.2 Å². The molecule has 3 heterocycles. The molecule has 3 N–H and O–H groups in total. The fourth-order valence-corrected chi connectivity index (χ4v) is 6.69. The van der Waals surface area contributed by atoms with Gasteiger partial charge in [-0.3, -0.25) is 19.0 Å². The summed E-state index contributed by atoms with van der Waals surface area (Å²) in [6, 6.07) is 11.1. The van der Waals surface area contributed by atoms with Crippen LogP contribution >= 0.6 is 22.7 Å². The molecule has 9 nitrogen and oxygen atoms in total. The van der Waals surface area contributed by atoms with Crippen LogP contribution in [0.5, 0.6) is 0 Å². The number of fused-ring (bicyclic) bond motifs is 1. The molecular formula is C27H26N4O5S2. The Bertz CT molecular complexity index is 1580. The van der Waals surface area contributed by atoms with E-state index in [4.69, 9.17) is 10.5 Å². The third kappa shape index (κ3) is 5.25. The standard InChI is InChI=1S/C27H26N4O5S2/c1-15-21-25(38-22(15)27(35)36-17-10-6-3-7-11-17)29-14-31(26(21)34)13-20(32)30-24-18(23(28)33)12-19(37-24)16-8-4-2-5-9-16/h2,4-5,8-9,12,14,17H,3,6-7,10-11,13H2,1H3,(H2,28,33)(H,30,32). The summed E-state index contributed by atoms with van der Waals surface area (Å²) in [7, 11) is 0. The molecule has 1 fully saturated rings. The van der Waals surface area contributed by atoms with E-state index in [2.05, 4.69) is 10.3 Å². The van der Waals surface area contributed by atoms with E-state index in [1.54, 1.807) is 13.0 Å². The molecule has 1 aliphatic carbocycles. The number of carbonyl (C=O) groups excluding carboxylic acids is 3. The summed E-state index contributed by atoms with van der Waals surface area (Å²) in [5.74, 6) is -1.62. The first kappa shape index (κ1) is 25.8. The molecule has 0 bridgehead atoms. The minimum atomic E-state index is -0.666. The number of thiophene rings is 2. The van der Waals surface area contributed by atoms with Crippen LogP contribution in [0.1, 0.15) is 57.7 Å². The lowest BCUT2D eigenvalue weighted by molar-refractivity contribution is -0.116. The van der Waals surface area contributed by atoms with Crippen LogP contribution in [0.25, 0.3) is 20.7 Å². The van der Waals surface area contributed by atoms with Crippen LogP contribution in [0, 0.1) is 6.92 Å². The average molecular weight is 551 g/mol. The molecule has 11 heteroatoms. The second kappa shape index (κ2) is 10.9. The van der Waals surface area contributed by atoms with Gasteiger partial charge in [-0.05, 0) is 49.8 Å². The number of esters is 1. The van der Waals surface area contributed by atoms with Crippen LogP contribution in [0.15, 0.2) is 47.5 Å². The minimum Gasteiger partial charge on any atom is -0.458 e. The molecule has 2 amide bonds. The SMILES string of the molecule is Cc1c(C(=O)OC2CCCCC2)sc2ncn(CC(=O)Nc3sc(-c4ccccc4)cc3C(N)=O)c(=O)c12. The maximum Gasteiger partial charge on any atom is 0.348 e. The van der Waals surface area contributed by atoms with Gasteiger partial charge in [0.1, 0.15) is 27.4 Å². The lowest BCUT2D eigenvalue weighted by Crippen LogP contribution is -2.28. The summed E-state index contributed by atoms with van der Waals surface area (Å²) in [5.41, 5.74) is 6.69. The van der Waals surface area contributed by atoms with Gasteiger partial charge in [-0.25, -0.2) is 9.78 Å². The Kier molecular flexibility index (Phi) is 7.39. The Hall–Kier alpha value is -3.83. The van der Waals surface area contributed by atoms with Gasteiger partial charge in [-0.15, -0.1) is 22.7 Å². The van der Waals surface area contributed by atoms with Crippen LogP contribution in [0.4, 0.5) is 5.00 Å². The number of anilines is 1. The highest BCUT2D eigenvalue weighted by Crippen LogP contribution is 2.35. The second-order valence-electron chi connectivity index (χ2n) is 9.21. The maximum absolute atomic E-state index is 13.3. The van der Waals surface area contributed by atoms with E-state index in [0.29, 0.717) is 25.7 Å². The van der Waals surface area contributed by atoms with Crippen LogP contribution in [0.3, 0.4) is 0 Å². The highest BCUT2D eigenvalue weighted by atomic mass is 32.1. The predicted octanol–water partition coefficient (Wildman–Crippen LogP) is 4.72. The number of aromatic nitrogens is 2. The molecule has 1 aliphatic rings. The van der Waals surface area contributed by atoms with Crippen LogP contribution < -0.4 is 16.6 Å². The zero-order valence-electron chi connectivity index (χ0n) is 20.7. The molecular weight excluding hydrogens is 524 g/mol. The molecule has 0 radical (unpaired) electrons. The van der Waals surface area contributed by atoms with Gasteiger partial charge in [-0.1, -0.05) is 36.8 Å². The van der Waals surface area contributed by atoms with Crippen molar-refractivity contribution in [2.24, 2.45) is 5.73 Å². The van der Waals surface area contributed by atoms with E-state index >= 15 is 0 Å². The van der Waals surface area contributed by atoms with E-state index in [0.717, 1.165) is 53.9 Å². The molecule has 1 saturated carbocycles. The Labute approximate surface area is 226 Å². The van der Waals surface area contributed by atoms with E-state index in [1.165, 1.54) is 22.2 Å². The Morgan fingerprint density at radius 2 is 1.87 bits per heavy atom. The van der Waals surface area contributed by atoms with Crippen molar-refractivity contribution < 1.29 is 19.1 Å². The fraction of sp³-hybridized carbons (Fsp3) is 0.296. The van der Waals surface area contributed by atoms with Crippen molar-refractivity contribution in [3.05, 3.63) is 69.1 Å². The molecule has 0 spiro atoms. The highest BCUT2D eigenvalue weighted by molar-refractivity contribution is 7.20. The van der Waals surface area contributed by atoms with Crippen molar-refractivity contribution in [2.45, 2.75) is 51.7 Å². The number of benzene rings is 1. The number of aryl methyl sites for hydroxylation is 1. The Morgan fingerprint density at radius 3 is 2.58 bits per heavy atom. The number of hydrogen-bond acceptors (Lipinski definition) is 8. The van der Waals surface area contributed by atoms with Crippen LogP contribution in [-0.2, 0) is 16.1 Å². The zero-order chi connectivity index (χ0) is 26.8. The van der Waals surface area contributed by atoms with Gasteiger partial charge in [0.2, 0.25) is 5.91 Å². The predicted molar refractivity (Wildman–Crippen MR) is 148 cm³/mol. The van der Waals surface area contributed by atoms with Gasteiger partial charge in [0.15, 0.2) is 0 Å². The van der Waals surface area contributed by atoms with Gasteiger partial charge < -0.3 is 15.8 Å². The largest absolute Gasteiger partial charge is 0.458 e. The summed E-state index contributed by atoms with van der Waals surface area (Å²) in [5, 5.41) is 3.31. The van der Waals surface area contributed by atoms with Crippen molar-refractivity contribution in [1.82, 2.24) is 9.55 Å². The molecule has 4 aromatic rings. The number of hydrogen-bond donors (Lipinski definition) is 2. The van der Waals surface area contributed by atoms with Crippen molar-refractivity contribution in [3.63, 3.8) is 0 Å². The van der Waals surface area contributed by atoms with E-state index < -0.39 is 23.3 Å². The van der Waals surface area contributed by atoms with Crippen molar-refractivity contribution in [3.8, 4) is 10.4 Å². The smallest absolute Gasteiger partial charge is 0.348 e. The first-order valence-corrected chi connectivity index (χ1v) is 13.9. The Morgan fingerprint density at radius 1 is 1.13 bits per heavy atom. The van der Waals surface area contributed by atoms with Crippen molar-refractivity contribution >= 4 is 55.7 Å². The molecule has 1 aromatic carbocycles. The normalized spacial score (nSPS) is 13.9. The molecule has 0 aliphatic heterocycles. The first-order chi connectivity index (χ1) is 18.3. The molecule has 3 aromatic heterocycles. The minimum absolute atomic E-state index is 0.0980. The molecule has 0 saturated heterocycles. The lowest BCUT2D eigenvalue weighted by atomic mass is 9.98.